The molecule has 0 spiro atoms. The Hall–Kier alpha value is -5.11. The number of hydrogen-bond donors (Lipinski definition) is 2. The van der Waals surface area contributed by atoms with Gasteiger partial charge in [-0.1, -0.05) is 16.8 Å². The number of rotatable bonds is 8. The molecule has 41 heavy (non-hydrogen) atoms. The minimum Gasteiger partial charge on any atom is -0.478 e. The second-order valence-corrected chi connectivity index (χ2v) is 10.2. The van der Waals surface area contributed by atoms with E-state index in [0.717, 1.165) is 18.4 Å². The smallest absolute Gasteiger partial charge is 0.338 e. The molecule has 0 saturated heterocycles. The minimum atomic E-state index is -1.06. The van der Waals surface area contributed by atoms with E-state index in [1.807, 2.05) is 22.9 Å². The van der Waals surface area contributed by atoms with Crippen molar-refractivity contribution in [2.45, 2.75) is 31.8 Å². The highest BCUT2D eigenvalue weighted by atomic mass is 35.5. The first-order valence-corrected chi connectivity index (χ1v) is 13.0. The van der Waals surface area contributed by atoms with Gasteiger partial charge in [0.1, 0.15) is 11.2 Å². The van der Waals surface area contributed by atoms with Crippen molar-refractivity contribution in [2.75, 3.05) is 0 Å². The Labute approximate surface area is 234 Å². The molecule has 6 aromatic heterocycles. The maximum Gasteiger partial charge on any atom is 0.338 e. The summed E-state index contributed by atoms with van der Waals surface area (Å²) in [5.74, 6) is -1.73. The van der Waals surface area contributed by atoms with E-state index in [4.69, 9.17) is 16.6 Å². The molecule has 1 fully saturated rings. The Morgan fingerprint density at radius 2 is 2.02 bits per heavy atom. The Morgan fingerprint density at radius 1 is 1.17 bits per heavy atom. The number of carbonyl (C=O) groups excluding carboxylic acids is 1. The molecule has 0 atom stereocenters. The monoisotopic (exact) mass is 574 g/mol. The van der Waals surface area contributed by atoms with Crippen molar-refractivity contribution in [3.05, 3.63) is 94.7 Å². The Bertz CT molecular complexity index is 1990. The average molecular weight is 575 g/mol. The molecule has 13 nitrogen and oxygen atoms in total. The molecular weight excluding hydrogens is 555 g/mol. The largest absolute Gasteiger partial charge is 0.478 e. The van der Waals surface area contributed by atoms with Gasteiger partial charge in [-0.15, -0.1) is 5.10 Å². The molecule has 1 amide bonds. The number of carbonyl (C=O) groups is 2. The van der Waals surface area contributed by atoms with E-state index < -0.39 is 17.7 Å². The van der Waals surface area contributed by atoms with Gasteiger partial charge in [-0.3, -0.25) is 4.79 Å². The van der Waals surface area contributed by atoms with Crippen LogP contribution < -0.4 is 5.32 Å². The normalized spacial score (nSPS) is 13.3. The predicted octanol–water partition coefficient (Wildman–Crippen LogP) is 3.11. The number of pyridine rings is 2. The van der Waals surface area contributed by atoms with Gasteiger partial charge >= 0.3 is 5.97 Å². The van der Waals surface area contributed by atoms with E-state index >= 15 is 0 Å². The summed E-state index contributed by atoms with van der Waals surface area (Å²) in [6.45, 7) is 0.198. The van der Waals surface area contributed by atoms with Gasteiger partial charge in [-0.05, 0) is 36.5 Å². The van der Waals surface area contributed by atoms with Crippen LogP contribution in [-0.4, -0.2) is 60.5 Å². The van der Waals surface area contributed by atoms with Crippen LogP contribution in [0.15, 0.2) is 55.6 Å². The van der Waals surface area contributed by atoms with Gasteiger partial charge in [-0.2, -0.15) is 5.10 Å². The first-order valence-electron chi connectivity index (χ1n) is 12.6. The van der Waals surface area contributed by atoms with Crippen molar-refractivity contribution in [3.63, 3.8) is 0 Å². The highest BCUT2D eigenvalue weighted by molar-refractivity contribution is 6.31. The third-order valence-electron chi connectivity index (χ3n) is 6.91. The van der Waals surface area contributed by atoms with Crippen LogP contribution in [-0.2, 0) is 13.1 Å². The first-order chi connectivity index (χ1) is 19.8. The summed E-state index contributed by atoms with van der Waals surface area (Å²) >= 11 is 5.89. The summed E-state index contributed by atoms with van der Waals surface area (Å²) in [5, 5.41) is 24.2. The van der Waals surface area contributed by atoms with Crippen molar-refractivity contribution in [1.29, 1.82) is 0 Å². The molecule has 2 N–H and O–H groups in total. The molecule has 0 radical (unpaired) electrons. The maximum atomic E-state index is 14.5. The number of carboxylic acid groups (broad SMARTS) is 1. The minimum absolute atomic E-state index is 0.0327. The number of nitrogens with zero attached hydrogens (tertiary/aromatic N) is 9. The van der Waals surface area contributed by atoms with Crippen LogP contribution in [0.25, 0.3) is 16.9 Å². The lowest BCUT2D eigenvalue weighted by Crippen LogP contribution is -2.23. The van der Waals surface area contributed by atoms with Crippen molar-refractivity contribution in [2.24, 2.45) is 0 Å². The van der Waals surface area contributed by atoms with Gasteiger partial charge in [0.05, 0.1) is 53.8 Å². The van der Waals surface area contributed by atoms with Crippen LogP contribution in [0.4, 0.5) is 4.39 Å². The van der Waals surface area contributed by atoms with Crippen LogP contribution in [0, 0.1) is 5.82 Å². The summed E-state index contributed by atoms with van der Waals surface area (Å²) < 4.78 is 20.9. The van der Waals surface area contributed by atoms with Crippen LogP contribution in [0.3, 0.4) is 0 Å². The number of amides is 1. The number of aromatic nitrogens is 9. The third-order valence-corrected chi connectivity index (χ3v) is 7.20. The third kappa shape index (κ3) is 4.57. The number of carboxylic acids is 1. The lowest BCUT2D eigenvalue weighted by atomic mass is 10.2. The highest BCUT2D eigenvalue weighted by Gasteiger charge is 2.26. The number of halogens is 2. The summed E-state index contributed by atoms with van der Waals surface area (Å²) in [5.41, 5.74) is 3.70. The predicted molar refractivity (Wildman–Crippen MR) is 142 cm³/mol. The van der Waals surface area contributed by atoms with E-state index in [-0.39, 0.29) is 34.9 Å². The van der Waals surface area contributed by atoms with E-state index in [1.54, 1.807) is 6.20 Å². The molecule has 0 unspecified atom stereocenters. The van der Waals surface area contributed by atoms with Crippen molar-refractivity contribution in [1.82, 2.24) is 48.9 Å². The van der Waals surface area contributed by atoms with E-state index in [0.29, 0.717) is 28.6 Å². The molecule has 1 saturated carbocycles. The van der Waals surface area contributed by atoms with Crippen molar-refractivity contribution in [3.8, 4) is 5.69 Å². The fourth-order valence-electron chi connectivity index (χ4n) is 4.72. The molecule has 1 aliphatic carbocycles. The molecular formula is C26H20ClFN10O3. The van der Waals surface area contributed by atoms with Crippen LogP contribution in [0.5, 0.6) is 0 Å². The Balaban J connectivity index is 1.11. The summed E-state index contributed by atoms with van der Waals surface area (Å²) in [6.07, 6.45) is 13.3. The van der Waals surface area contributed by atoms with E-state index in [9.17, 15) is 19.1 Å². The zero-order chi connectivity index (χ0) is 28.2. The molecule has 6 heterocycles. The van der Waals surface area contributed by atoms with Gasteiger partial charge in [0.25, 0.3) is 5.91 Å². The fourth-order valence-corrected chi connectivity index (χ4v) is 4.86. The van der Waals surface area contributed by atoms with Crippen molar-refractivity contribution < 1.29 is 19.1 Å². The second kappa shape index (κ2) is 9.52. The maximum absolute atomic E-state index is 14.5. The van der Waals surface area contributed by atoms with Crippen molar-refractivity contribution >= 4 is 34.6 Å². The van der Waals surface area contributed by atoms with E-state index in [1.165, 1.54) is 44.7 Å². The highest BCUT2D eigenvalue weighted by Crippen LogP contribution is 2.41. The number of hydrogen-bond acceptors (Lipinski definition) is 7. The Kier molecular flexibility index (Phi) is 5.78. The number of imidazole rings is 2. The quantitative estimate of drug-likeness (QED) is 0.281. The van der Waals surface area contributed by atoms with Gasteiger partial charge in [0.2, 0.25) is 0 Å². The fraction of sp³-hybridized carbons (Fsp3) is 0.192. The zero-order valence-corrected chi connectivity index (χ0v) is 21.9. The Morgan fingerprint density at radius 3 is 2.80 bits per heavy atom. The molecule has 1 aliphatic rings. The molecule has 0 bridgehead atoms. The summed E-state index contributed by atoms with van der Waals surface area (Å²) in [4.78, 5) is 33.0. The van der Waals surface area contributed by atoms with Crippen LogP contribution in [0.2, 0.25) is 5.02 Å². The van der Waals surface area contributed by atoms with Gasteiger partial charge in [0, 0.05) is 24.8 Å². The van der Waals surface area contributed by atoms with Crippen LogP contribution in [0.1, 0.15) is 56.6 Å². The van der Waals surface area contributed by atoms with E-state index in [2.05, 4.69) is 25.7 Å². The summed E-state index contributed by atoms with van der Waals surface area (Å²) in [6, 6.07) is 3.41. The molecule has 0 aliphatic heterocycles. The second-order valence-electron chi connectivity index (χ2n) is 9.78. The van der Waals surface area contributed by atoms with Crippen LogP contribution >= 0.6 is 11.6 Å². The molecule has 15 heteroatoms. The lowest BCUT2D eigenvalue weighted by molar-refractivity contribution is 0.0696. The SMILES string of the molecule is O=C(O)c1cnn(-c2cc(C3CC3)cn3cc(Cn4cc(C(=O)NCc5ncn6ccc(Cl)c(F)c56)nn4)nc23)c1. The van der Waals surface area contributed by atoms with Gasteiger partial charge < -0.3 is 19.2 Å². The lowest BCUT2D eigenvalue weighted by Gasteiger charge is -2.07. The topological polar surface area (TPSA) is 150 Å². The molecule has 0 aromatic carbocycles. The molecule has 206 valence electrons. The number of fused-ring (bicyclic) bond motifs is 2. The molecule has 6 aromatic rings. The summed E-state index contributed by atoms with van der Waals surface area (Å²) in [7, 11) is 0. The van der Waals surface area contributed by atoms with Gasteiger partial charge in [0.15, 0.2) is 17.2 Å². The standard InChI is InChI=1S/C26H20ClFN10O3/c27-18-3-4-35-13-30-19(23(35)22(18)28)7-29-25(39)20-12-37(34-33-20)11-17-10-36-8-15(14-1-2-14)5-21(24(36)32-17)38-9-16(6-31-38)26(40)41/h3-6,8-10,12-14H,1-2,7,11H2,(H,29,39)(H,40,41). The average Bonchev–Trinajstić information content (AvgIpc) is 3.34. The molecule has 7 rings (SSSR count). The first kappa shape index (κ1) is 24.9. The number of aromatic carboxylic acids is 1. The zero-order valence-electron chi connectivity index (χ0n) is 21.1. The van der Waals surface area contributed by atoms with Gasteiger partial charge in [-0.25, -0.2) is 28.5 Å². The number of nitrogens with one attached hydrogen (secondary N) is 1.